The summed E-state index contributed by atoms with van der Waals surface area (Å²) in [6.45, 7) is 4.03. The number of hydrogen-bond donors (Lipinski definition) is 3. The Bertz CT molecular complexity index is 864. The molecule has 0 bridgehead atoms. The maximum absolute atomic E-state index is 13.2. The number of halogens is 2. The molecule has 0 radical (unpaired) electrons. The van der Waals surface area contributed by atoms with E-state index < -0.39 is 0 Å². The van der Waals surface area contributed by atoms with Gasteiger partial charge in [-0.15, -0.1) is 24.0 Å². The molecule has 0 spiro atoms. The molecule has 0 saturated carbocycles. The molecule has 7 nitrogen and oxygen atoms in total. The van der Waals surface area contributed by atoms with E-state index in [1.807, 2.05) is 25.1 Å². The van der Waals surface area contributed by atoms with E-state index >= 15 is 0 Å². The molecule has 0 aliphatic rings. The lowest BCUT2D eigenvalue weighted by atomic mass is 10.1. The number of hydrogen-bond acceptors (Lipinski definition) is 4. The summed E-state index contributed by atoms with van der Waals surface area (Å²) in [5.41, 5.74) is 1.57. The number of aliphatic imine (C=N–C) groups is 1. The van der Waals surface area contributed by atoms with E-state index in [1.165, 1.54) is 12.1 Å². The summed E-state index contributed by atoms with van der Waals surface area (Å²) < 4.78 is 23.8. The third-order valence-electron chi connectivity index (χ3n) is 4.24. The van der Waals surface area contributed by atoms with E-state index in [-0.39, 0.29) is 42.1 Å². The van der Waals surface area contributed by atoms with Gasteiger partial charge in [-0.1, -0.05) is 12.1 Å². The van der Waals surface area contributed by atoms with Crippen LogP contribution in [0.15, 0.2) is 47.5 Å². The van der Waals surface area contributed by atoms with Gasteiger partial charge in [-0.2, -0.15) is 0 Å². The highest BCUT2D eigenvalue weighted by molar-refractivity contribution is 14.0. The number of rotatable bonds is 10. The van der Waals surface area contributed by atoms with Gasteiger partial charge in [-0.3, -0.25) is 4.79 Å². The van der Waals surface area contributed by atoms with Crippen molar-refractivity contribution in [2.24, 2.45) is 4.99 Å². The van der Waals surface area contributed by atoms with Crippen LogP contribution >= 0.6 is 24.0 Å². The topological polar surface area (TPSA) is 84.0 Å². The minimum Gasteiger partial charge on any atom is -0.497 e. The predicted octanol–water partition coefficient (Wildman–Crippen LogP) is 2.87. The van der Waals surface area contributed by atoms with E-state index in [0.717, 1.165) is 11.3 Å². The Kier molecular flexibility index (Phi) is 12.3. The van der Waals surface area contributed by atoms with Crippen molar-refractivity contribution in [2.45, 2.75) is 19.9 Å². The summed E-state index contributed by atoms with van der Waals surface area (Å²) >= 11 is 0. The SMILES string of the molecule is CCNC(=NCc1ccc(OC)cc1OC)NCCNC(=O)Cc1cccc(F)c1.I. The number of nitrogens with zero attached hydrogens (tertiary/aromatic N) is 1. The van der Waals surface area contributed by atoms with Crippen LogP contribution < -0.4 is 25.4 Å². The average molecular weight is 544 g/mol. The first-order chi connectivity index (χ1) is 14.5. The Balaban J connectivity index is 0.00000480. The molecule has 0 atom stereocenters. The first kappa shape index (κ1) is 26.5. The first-order valence-electron chi connectivity index (χ1n) is 9.80. The standard InChI is InChI=1S/C22H29FN4O3.HI/c1-4-24-22(27-15-17-8-9-19(29-2)14-20(17)30-3)26-11-10-25-21(28)13-16-6-5-7-18(23)12-16;/h5-9,12,14H,4,10-11,13,15H2,1-3H3,(H,25,28)(H2,24,26,27);1H. The van der Waals surface area contributed by atoms with E-state index in [0.29, 0.717) is 43.5 Å². The maximum atomic E-state index is 13.2. The lowest BCUT2D eigenvalue weighted by Gasteiger charge is -2.13. The van der Waals surface area contributed by atoms with Crippen molar-refractivity contribution >= 4 is 35.8 Å². The van der Waals surface area contributed by atoms with Gasteiger partial charge in [-0.05, 0) is 36.8 Å². The Hall–Kier alpha value is -2.56. The van der Waals surface area contributed by atoms with E-state index in [4.69, 9.17) is 9.47 Å². The third-order valence-corrected chi connectivity index (χ3v) is 4.24. The Labute approximate surface area is 199 Å². The van der Waals surface area contributed by atoms with E-state index in [9.17, 15) is 9.18 Å². The zero-order chi connectivity index (χ0) is 21.8. The van der Waals surface area contributed by atoms with Crippen LogP contribution in [0.5, 0.6) is 11.5 Å². The normalized spacial score (nSPS) is 10.6. The second-order valence-electron chi connectivity index (χ2n) is 6.46. The molecule has 31 heavy (non-hydrogen) atoms. The second-order valence-corrected chi connectivity index (χ2v) is 6.46. The van der Waals surface area contributed by atoms with Crippen molar-refractivity contribution in [2.75, 3.05) is 33.9 Å². The largest absolute Gasteiger partial charge is 0.497 e. The summed E-state index contributed by atoms with van der Waals surface area (Å²) in [5.74, 6) is 1.56. The van der Waals surface area contributed by atoms with Crippen molar-refractivity contribution in [3.05, 3.63) is 59.4 Å². The van der Waals surface area contributed by atoms with Gasteiger partial charge < -0.3 is 25.4 Å². The van der Waals surface area contributed by atoms with Gasteiger partial charge in [-0.25, -0.2) is 9.38 Å². The predicted molar refractivity (Wildman–Crippen MR) is 131 cm³/mol. The van der Waals surface area contributed by atoms with Crippen LogP contribution in [0, 0.1) is 5.82 Å². The summed E-state index contributed by atoms with van der Waals surface area (Å²) in [7, 11) is 3.22. The summed E-state index contributed by atoms with van der Waals surface area (Å²) in [6, 6.07) is 11.6. The lowest BCUT2D eigenvalue weighted by molar-refractivity contribution is -0.120. The van der Waals surface area contributed by atoms with E-state index in [1.54, 1.807) is 26.4 Å². The highest BCUT2D eigenvalue weighted by Gasteiger charge is 2.06. The number of ether oxygens (including phenoxy) is 2. The van der Waals surface area contributed by atoms with Gasteiger partial charge in [0.1, 0.15) is 17.3 Å². The Morgan fingerprint density at radius 3 is 2.48 bits per heavy atom. The third kappa shape index (κ3) is 9.41. The molecule has 2 rings (SSSR count). The smallest absolute Gasteiger partial charge is 0.224 e. The van der Waals surface area contributed by atoms with Gasteiger partial charge in [0, 0.05) is 31.3 Å². The molecular weight excluding hydrogens is 514 g/mol. The first-order valence-corrected chi connectivity index (χ1v) is 9.80. The Morgan fingerprint density at radius 2 is 1.81 bits per heavy atom. The second kappa shape index (κ2) is 14.4. The fourth-order valence-electron chi connectivity index (χ4n) is 2.77. The molecular formula is C22H30FIN4O3. The average Bonchev–Trinajstić information content (AvgIpc) is 2.74. The van der Waals surface area contributed by atoms with Crippen LogP contribution in [0.1, 0.15) is 18.1 Å². The zero-order valence-corrected chi connectivity index (χ0v) is 20.4. The quantitative estimate of drug-likeness (QED) is 0.186. The molecule has 0 saturated heterocycles. The molecule has 0 aliphatic carbocycles. The molecule has 0 unspecified atom stereocenters. The summed E-state index contributed by atoms with van der Waals surface area (Å²) in [4.78, 5) is 16.6. The minimum atomic E-state index is -0.345. The maximum Gasteiger partial charge on any atom is 0.224 e. The van der Waals surface area contributed by atoms with Gasteiger partial charge in [0.2, 0.25) is 5.91 Å². The molecule has 0 aliphatic heterocycles. The van der Waals surface area contributed by atoms with Crippen LogP contribution in [0.2, 0.25) is 0 Å². The van der Waals surface area contributed by atoms with Crippen LogP contribution in [-0.2, 0) is 17.8 Å². The van der Waals surface area contributed by atoms with Crippen molar-refractivity contribution in [1.82, 2.24) is 16.0 Å². The fourth-order valence-corrected chi connectivity index (χ4v) is 2.77. The summed E-state index contributed by atoms with van der Waals surface area (Å²) in [5, 5.41) is 9.16. The zero-order valence-electron chi connectivity index (χ0n) is 18.0. The summed E-state index contributed by atoms with van der Waals surface area (Å²) in [6.07, 6.45) is 0.142. The van der Waals surface area contributed by atoms with Crippen molar-refractivity contribution in [3.8, 4) is 11.5 Å². The van der Waals surface area contributed by atoms with E-state index in [2.05, 4.69) is 20.9 Å². The Morgan fingerprint density at radius 1 is 1.03 bits per heavy atom. The molecule has 170 valence electrons. The van der Waals surface area contributed by atoms with Crippen LogP contribution in [0.25, 0.3) is 0 Å². The lowest BCUT2D eigenvalue weighted by Crippen LogP contribution is -2.41. The van der Waals surface area contributed by atoms with Crippen LogP contribution in [0.3, 0.4) is 0 Å². The molecule has 2 aromatic rings. The van der Waals surface area contributed by atoms with Crippen LogP contribution in [-0.4, -0.2) is 45.7 Å². The number of amides is 1. The number of carbonyl (C=O) groups excluding carboxylic acids is 1. The number of benzene rings is 2. The van der Waals surface area contributed by atoms with Crippen molar-refractivity contribution < 1.29 is 18.7 Å². The van der Waals surface area contributed by atoms with Crippen molar-refractivity contribution in [1.29, 1.82) is 0 Å². The number of guanidine groups is 1. The van der Waals surface area contributed by atoms with Crippen LogP contribution in [0.4, 0.5) is 4.39 Å². The molecule has 0 fully saturated rings. The fraction of sp³-hybridized carbons (Fsp3) is 0.364. The highest BCUT2D eigenvalue weighted by Crippen LogP contribution is 2.25. The number of methoxy groups -OCH3 is 2. The molecule has 0 aromatic heterocycles. The van der Waals surface area contributed by atoms with Gasteiger partial charge in [0.25, 0.3) is 0 Å². The molecule has 9 heteroatoms. The highest BCUT2D eigenvalue weighted by atomic mass is 127. The minimum absolute atomic E-state index is 0. The molecule has 3 N–H and O–H groups in total. The van der Waals surface area contributed by atoms with Crippen molar-refractivity contribution in [3.63, 3.8) is 0 Å². The molecule has 0 heterocycles. The number of carbonyl (C=O) groups is 1. The monoisotopic (exact) mass is 544 g/mol. The number of nitrogens with one attached hydrogen (secondary N) is 3. The van der Waals surface area contributed by atoms with Gasteiger partial charge in [0.05, 0.1) is 27.2 Å². The molecule has 1 amide bonds. The van der Waals surface area contributed by atoms with Gasteiger partial charge in [0.15, 0.2) is 5.96 Å². The van der Waals surface area contributed by atoms with Gasteiger partial charge >= 0.3 is 0 Å². The molecule has 2 aromatic carbocycles.